The predicted molar refractivity (Wildman–Crippen MR) is 127 cm³/mol. The molecule has 0 aromatic heterocycles. The lowest BCUT2D eigenvalue weighted by atomic mass is 9.74. The summed E-state index contributed by atoms with van der Waals surface area (Å²) in [5, 5.41) is 6.20. The van der Waals surface area contributed by atoms with E-state index in [4.69, 9.17) is 11.6 Å². The molecule has 0 spiro atoms. The van der Waals surface area contributed by atoms with E-state index in [0.717, 1.165) is 38.3 Å². The SMILES string of the molecule is CCN(CC1CCCCC1)C1CC(Cl)CC(C(=O)NCC2C(=O)NC(C)CC2C)C1C. The van der Waals surface area contributed by atoms with Gasteiger partial charge >= 0.3 is 0 Å². The summed E-state index contributed by atoms with van der Waals surface area (Å²) < 4.78 is 0. The highest BCUT2D eigenvalue weighted by Crippen LogP contribution is 2.37. The van der Waals surface area contributed by atoms with Gasteiger partial charge in [-0.2, -0.15) is 0 Å². The third-order valence-corrected chi connectivity index (χ3v) is 8.67. The lowest BCUT2D eigenvalue weighted by Gasteiger charge is -2.45. The topological polar surface area (TPSA) is 61.4 Å². The van der Waals surface area contributed by atoms with Gasteiger partial charge in [-0.05, 0) is 63.3 Å². The molecule has 1 aliphatic heterocycles. The molecule has 0 radical (unpaired) electrons. The van der Waals surface area contributed by atoms with Gasteiger partial charge in [0.15, 0.2) is 0 Å². The van der Waals surface area contributed by atoms with E-state index in [9.17, 15) is 9.59 Å². The van der Waals surface area contributed by atoms with Crippen molar-refractivity contribution < 1.29 is 9.59 Å². The molecule has 3 aliphatic rings. The molecule has 5 nitrogen and oxygen atoms in total. The average Bonchev–Trinajstić information content (AvgIpc) is 2.73. The van der Waals surface area contributed by atoms with Crippen LogP contribution in [0.4, 0.5) is 0 Å². The van der Waals surface area contributed by atoms with Crippen molar-refractivity contribution in [3.05, 3.63) is 0 Å². The molecule has 0 bridgehead atoms. The highest BCUT2D eigenvalue weighted by molar-refractivity contribution is 6.20. The van der Waals surface area contributed by atoms with Crippen molar-refractivity contribution in [2.45, 2.75) is 96.5 Å². The molecule has 7 atom stereocenters. The summed E-state index contributed by atoms with van der Waals surface area (Å²) in [5.74, 6) is 1.28. The fourth-order valence-corrected chi connectivity index (χ4v) is 6.76. The summed E-state index contributed by atoms with van der Waals surface area (Å²) >= 11 is 6.70. The van der Waals surface area contributed by atoms with Crippen molar-refractivity contribution in [3.63, 3.8) is 0 Å². The van der Waals surface area contributed by atoms with E-state index < -0.39 is 0 Å². The molecular formula is C25H44ClN3O2. The second kappa shape index (κ2) is 11.4. The van der Waals surface area contributed by atoms with Crippen molar-refractivity contribution in [3.8, 4) is 0 Å². The van der Waals surface area contributed by atoms with Crippen molar-refractivity contribution in [1.82, 2.24) is 15.5 Å². The number of piperidine rings is 1. The Bertz CT molecular complexity index is 610. The minimum Gasteiger partial charge on any atom is -0.355 e. The van der Waals surface area contributed by atoms with Crippen molar-refractivity contribution >= 4 is 23.4 Å². The van der Waals surface area contributed by atoms with E-state index in [0.29, 0.717) is 12.6 Å². The first kappa shape index (κ1) is 24.8. The second-order valence-corrected chi connectivity index (χ2v) is 11.3. The molecule has 2 saturated carbocycles. The van der Waals surface area contributed by atoms with Crippen LogP contribution in [-0.4, -0.2) is 53.8 Å². The number of nitrogens with zero attached hydrogens (tertiary/aromatic N) is 1. The third kappa shape index (κ3) is 6.37. The van der Waals surface area contributed by atoms with Gasteiger partial charge in [-0.25, -0.2) is 0 Å². The van der Waals surface area contributed by atoms with E-state index in [1.54, 1.807) is 0 Å². The zero-order valence-electron chi connectivity index (χ0n) is 20.0. The number of nitrogens with one attached hydrogen (secondary N) is 2. The summed E-state index contributed by atoms with van der Waals surface area (Å²) in [7, 11) is 0. The Morgan fingerprint density at radius 1 is 1.13 bits per heavy atom. The zero-order valence-corrected chi connectivity index (χ0v) is 20.8. The number of halogens is 1. The van der Waals surface area contributed by atoms with Gasteiger partial charge < -0.3 is 15.5 Å². The van der Waals surface area contributed by atoms with E-state index in [1.165, 1.54) is 32.1 Å². The van der Waals surface area contributed by atoms with E-state index in [-0.39, 0.29) is 46.9 Å². The molecule has 6 heteroatoms. The van der Waals surface area contributed by atoms with Crippen LogP contribution in [0.15, 0.2) is 0 Å². The quantitative estimate of drug-likeness (QED) is 0.568. The summed E-state index contributed by atoms with van der Waals surface area (Å²) in [4.78, 5) is 28.2. The minimum absolute atomic E-state index is 0.0371. The molecule has 1 saturated heterocycles. The average molecular weight is 454 g/mol. The number of hydrogen-bond acceptors (Lipinski definition) is 3. The van der Waals surface area contributed by atoms with Crippen molar-refractivity contribution in [2.24, 2.45) is 29.6 Å². The molecule has 178 valence electrons. The molecule has 2 amide bonds. The van der Waals surface area contributed by atoms with Gasteiger partial charge in [-0.15, -0.1) is 11.6 Å². The van der Waals surface area contributed by atoms with Crippen LogP contribution < -0.4 is 10.6 Å². The molecule has 3 fully saturated rings. The maximum Gasteiger partial charge on any atom is 0.225 e. The zero-order chi connectivity index (χ0) is 22.5. The van der Waals surface area contributed by atoms with E-state index >= 15 is 0 Å². The Kier molecular flexibility index (Phi) is 9.10. The smallest absolute Gasteiger partial charge is 0.225 e. The first-order valence-corrected chi connectivity index (χ1v) is 13.2. The molecule has 31 heavy (non-hydrogen) atoms. The maximum atomic E-state index is 13.2. The molecule has 0 aromatic rings. The summed E-state index contributed by atoms with van der Waals surface area (Å²) in [5.41, 5.74) is 0. The third-order valence-electron chi connectivity index (χ3n) is 8.31. The van der Waals surface area contributed by atoms with Gasteiger partial charge in [0, 0.05) is 36.5 Å². The molecule has 2 N–H and O–H groups in total. The van der Waals surface area contributed by atoms with E-state index in [1.807, 2.05) is 6.92 Å². The van der Waals surface area contributed by atoms with Crippen LogP contribution in [0.5, 0.6) is 0 Å². The standard InChI is InChI=1S/C25H44ClN3O2/c1-5-29(15-19-9-7-6-8-10-19)23-13-20(26)12-21(18(23)4)24(30)27-14-22-16(2)11-17(3)28-25(22)31/h16-23H,5-15H2,1-4H3,(H,27,30)(H,28,31). The summed E-state index contributed by atoms with van der Waals surface area (Å²) in [6, 6.07) is 0.575. The van der Waals surface area contributed by atoms with Crippen LogP contribution in [0.25, 0.3) is 0 Å². The molecule has 1 heterocycles. The van der Waals surface area contributed by atoms with Crippen molar-refractivity contribution in [2.75, 3.05) is 19.6 Å². The molecule has 2 aliphatic carbocycles. The molecule has 3 rings (SSSR count). The lowest BCUT2D eigenvalue weighted by molar-refractivity contribution is -0.132. The van der Waals surface area contributed by atoms with E-state index in [2.05, 4.69) is 36.3 Å². The van der Waals surface area contributed by atoms with Crippen LogP contribution in [0, 0.1) is 29.6 Å². The predicted octanol–water partition coefficient (Wildman–Crippen LogP) is 4.19. The van der Waals surface area contributed by atoms with Gasteiger partial charge in [0.25, 0.3) is 0 Å². The number of alkyl halides is 1. The normalized spacial score (nSPS) is 37.5. The number of rotatable bonds is 7. The molecule has 7 unspecified atom stereocenters. The van der Waals surface area contributed by atoms with Crippen molar-refractivity contribution in [1.29, 1.82) is 0 Å². The van der Waals surface area contributed by atoms with Gasteiger partial charge in [-0.1, -0.05) is 40.0 Å². The lowest BCUT2D eigenvalue weighted by Crippen LogP contribution is -2.54. The van der Waals surface area contributed by atoms with Crippen LogP contribution in [-0.2, 0) is 9.59 Å². The fraction of sp³-hybridized carbons (Fsp3) is 0.920. The molecular weight excluding hydrogens is 410 g/mol. The maximum absolute atomic E-state index is 13.2. The summed E-state index contributed by atoms with van der Waals surface area (Å²) in [6.45, 7) is 11.2. The highest BCUT2D eigenvalue weighted by atomic mass is 35.5. The first-order chi connectivity index (χ1) is 14.8. The van der Waals surface area contributed by atoms with Crippen LogP contribution in [0.2, 0.25) is 0 Å². The van der Waals surface area contributed by atoms with Gasteiger partial charge in [0.1, 0.15) is 0 Å². The first-order valence-electron chi connectivity index (χ1n) is 12.8. The largest absolute Gasteiger partial charge is 0.355 e. The Morgan fingerprint density at radius 3 is 2.48 bits per heavy atom. The van der Waals surface area contributed by atoms with Gasteiger partial charge in [0.05, 0.1) is 5.92 Å². The molecule has 0 aromatic carbocycles. The van der Waals surface area contributed by atoms with Crippen LogP contribution in [0.1, 0.15) is 79.1 Å². The van der Waals surface area contributed by atoms with Crippen LogP contribution in [0.3, 0.4) is 0 Å². The monoisotopic (exact) mass is 453 g/mol. The van der Waals surface area contributed by atoms with Crippen LogP contribution >= 0.6 is 11.6 Å². The number of carbonyl (C=O) groups is 2. The number of carbonyl (C=O) groups excluding carboxylic acids is 2. The Labute approximate surface area is 194 Å². The summed E-state index contributed by atoms with van der Waals surface area (Å²) in [6.07, 6.45) is 9.44. The Balaban J connectivity index is 1.59. The highest BCUT2D eigenvalue weighted by Gasteiger charge is 2.41. The Hall–Kier alpha value is -0.810. The fourth-order valence-electron chi connectivity index (χ4n) is 6.38. The Morgan fingerprint density at radius 2 is 1.84 bits per heavy atom. The minimum atomic E-state index is -0.139. The van der Waals surface area contributed by atoms with Gasteiger partial charge in [0.2, 0.25) is 11.8 Å². The second-order valence-electron chi connectivity index (χ2n) is 10.7. The number of hydrogen-bond donors (Lipinski definition) is 2. The number of amides is 2. The van der Waals surface area contributed by atoms with Gasteiger partial charge in [-0.3, -0.25) is 9.59 Å².